The Hall–Kier alpha value is -2.21. The maximum Gasteiger partial charge on any atom is 0.345 e. The van der Waals surface area contributed by atoms with Crippen LogP contribution in [0.3, 0.4) is 0 Å². The number of ether oxygens (including phenoxy) is 2. The van der Waals surface area contributed by atoms with Gasteiger partial charge in [-0.3, -0.25) is 14.2 Å². The van der Waals surface area contributed by atoms with E-state index in [2.05, 4.69) is 0 Å². The van der Waals surface area contributed by atoms with E-state index in [0.717, 1.165) is 19.6 Å². The third-order valence-corrected chi connectivity index (χ3v) is 6.52. The zero-order valence-corrected chi connectivity index (χ0v) is 14.8. The molecular weight excluding hydrogens is 347 g/mol. The molecule has 8 heteroatoms. The van der Waals surface area contributed by atoms with Gasteiger partial charge in [-0.2, -0.15) is 0 Å². The Kier molecular flexibility index (Phi) is 4.64. The summed E-state index contributed by atoms with van der Waals surface area (Å²) in [6, 6.07) is 10.7. The largest absolute Gasteiger partial charge is 0.469 e. The standard InChI is InChI=1S/C17H17O7P/c1-21-16(18)14-13-11-7-5-4-6-10(11)8-9-12(13)24-17(19)15(14)25(20,22-2)23-3/h4-9,14-15H,1-3H3. The van der Waals surface area contributed by atoms with E-state index in [1.807, 2.05) is 12.1 Å². The summed E-state index contributed by atoms with van der Waals surface area (Å²) in [6.07, 6.45) is 0. The van der Waals surface area contributed by atoms with Crippen molar-refractivity contribution in [3.8, 4) is 5.75 Å². The lowest BCUT2D eigenvalue weighted by molar-refractivity contribution is -0.148. The molecule has 0 N–H and O–H groups in total. The zero-order chi connectivity index (χ0) is 18.2. The molecular formula is C17H17O7P. The summed E-state index contributed by atoms with van der Waals surface area (Å²) >= 11 is 0. The molecule has 3 rings (SSSR count). The van der Waals surface area contributed by atoms with Gasteiger partial charge >= 0.3 is 19.5 Å². The minimum Gasteiger partial charge on any atom is -0.469 e. The van der Waals surface area contributed by atoms with Crippen LogP contribution in [0, 0.1) is 0 Å². The molecule has 2 unspecified atom stereocenters. The van der Waals surface area contributed by atoms with Crippen molar-refractivity contribution < 1.29 is 32.7 Å². The molecule has 2 atom stereocenters. The van der Waals surface area contributed by atoms with Crippen LogP contribution in [0.4, 0.5) is 0 Å². The number of benzene rings is 2. The van der Waals surface area contributed by atoms with Gasteiger partial charge in [0, 0.05) is 19.8 Å². The van der Waals surface area contributed by atoms with Gasteiger partial charge in [-0.15, -0.1) is 0 Å². The first-order valence-corrected chi connectivity index (χ1v) is 9.10. The molecule has 1 aliphatic rings. The van der Waals surface area contributed by atoms with E-state index in [1.54, 1.807) is 24.3 Å². The van der Waals surface area contributed by atoms with Crippen molar-refractivity contribution in [2.45, 2.75) is 11.6 Å². The first-order chi connectivity index (χ1) is 12.0. The average molecular weight is 364 g/mol. The normalized spacial score (nSPS) is 20.0. The van der Waals surface area contributed by atoms with E-state index in [4.69, 9.17) is 18.5 Å². The van der Waals surface area contributed by atoms with Crippen LogP contribution in [0.2, 0.25) is 0 Å². The Morgan fingerprint density at radius 3 is 2.40 bits per heavy atom. The molecule has 0 amide bonds. The van der Waals surface area contributed by atoms with Gasteiger partial charge in [0.1, 0.15) is 11.7 Å². The summed E-state index contributed by atoms with van der Waals surface area (Å²) < 4.78 is 33.1. The van der Waals surface area contributed by atoms with Gasteiger partial charge in [0.25, 0.3) is 0 Å². The molecule has 7 nitrogen and oxygen atoms in total. The third-order valence-electron chi connectivity index (χ3n) is 4.31. The highest BCUT2D eigenvalue weighted by Crippen LogP contribution is 2.59. The number of hydrogen-bond acceptors (Lipinski definition) is 7. The van der Waals surface area contributed by atoms with Gasteiger partial charge in [0.05, 0.1) is 7.11 Å². The van der Waals surface area contributed by atoms with Crippen LogP contribution in [0.5, 0.6) is 5.75 Å². The van der Waals surface area contributed by atoms with Crippen LogP contribution >= 0.6 is 7.60 Å². The molecule has 0 saturated carbocycles. The topological polar surface area (TPSA) is 88.1 Å². The Morgan fingerprint density at radius 2 is 1.76 bits per heavy atom. The molecule has 2 aromatic carbocycles. The molecule has 25 heavy (non-hydrogen) atoms. The molecule has 1 aliphatic heterocycles. The van der Waals surface area contributed by atoms with E-state index in [-0.39, 0.29) is 5.75 Å². The van der Waals surface area contributed by atoms with E-state index in [0.29, 0.717) is 10.9 Å². The van der Waals surface area contributed by atoms with Gasteiger partial charge in [0.15, 0.2) is 5.66 Å². The number of esters is 2. The Bertz CT molecular complexity index is 884. The number of hydrogen-bond donors (Lipinski definition) is 0. The van der Waals surface area contributed by atoms with Gasteiger partial charge < -0.3 is 18.5 Å². The summed E-state index contributed by atoms with van der Waals surface area (Å²) in [4.78, 5) is 25.1. The highest BCUT2D eigenvalue weighted by atomic mass is 31.2. The maximum absolute atomic E-state index is 12.9. The van der Waals surface area contributed by atoms with Crippen molar-refractivity contribution in [2.24, 2.45) is 0 Å². The van der Waals surface area contributed by atoms with Gasteiger partial charge in [-0.25, -0.2) is 0 Å². The molecule has 1 heterocycles. The smallest absolute Gasteiger partial charge is 0.345 e. The van der Waals surface area contributed by atoms with Crippen molar-refractivity contribution in [1.82, 2.24) is 0 Å². The zero-order valence-electron chi connectivity index (χ0n) is 13.9. The molecule has 132 valence electrons. The summed E-state index contributed by atoms with van der Waals surface area (Å²) in [6.45, 7) is 0. The van der Waals surface area contributed by atoms with Crippen molar-refractivity contribution in [2.75, 3.05) is 21.3 Å². The molecule has 0 saturated heterocycles. The fourth-order valence-electron chi connectivity index (χ4n) is 3.14. The monoisotopic (exact) mass is 364 g/mol. The lowest BCUT2D eigenvalue weighted by atomic mass is 9.88. The minimum absolute atomic E-state index is 0.231. The summed E-state index contributed by atoms with van der Waals surface area (Å²) in [7, 11) is -0.427. The highest BCUT2D eigenvalue weighted by Gasteiger charge is 2.54. The molecule has 0 radical (unpaired) electrons. The van der Waals surface area contributed by atoms with Crippen LogP contribution in [-0.4, -0.2) is 38.9 Å². The quantitative estimate of drug-likeness (QED) is 0.468. The van der Waals surface area contributed by atoms with E-state index in [1.165, 1.54) is 7.11 Å². The van der Waals surface area contributed by atoms with Gasteiger partial charge in [-0.1, -0.05) is 30.3 Å². The van der Waals surface area contributed by atoms with Crippen LogP contribution in [0.25, 0.3) is 10.8 Å². The van der Waals surface area contributed by atoms with Crippen LogP contribution in [0.15, 0.2) is 36.4 Å². The number of rotatable bonds is 4. The number of carbonyl (C=O) groups excluding carboxylic acids is 2. The van der Waals surface area contributed by atoms with E-state index < -0.39 is 31.1 Å². The maximum atomic E-state index is 12.9. The van der Waals surface area contributed by atoms with Crippen LogP contribution in [-0.2, 0) is 27.9 Å². The SMILES string of the molecule is COC(=O)C1c2c(ccc3ccccc23)OC(=O)C1P(=O)(OC)OC. The molecule has 0 spiro atoms. The predicted octanol–water partition coefficient (Wildman–Crippen LogP) is 2.87. The lowest BCUT2D eigenvalue weighted by Crippen LogP contribution is -2.41. The van der Waals surface area contributed by atoms with E-state index >= 15 is 0 Å². The molecule has 0 aliphatic carbocycles. The van der Waals surface area contributed by atoms with Crippen molar-refractivity contribution in [3.63, 3.8) is 0 Å². The van der Waals surface area contributed by atoms with Crippen molar-refractivity contribution in [1.29, 1.82) is 0 Å². The van der Waals surface area contributed by atoms with Crippen molar-refractivity contribution >= 4 is 30.3 Å². The lowest BCUT2D eigenvalue weighted by Gasteiger charge is -2.33. The molecule has 0 bridgehead atoms. The van der Waals surface area contributed by atoms with Crippen LogP contribution in [0.1, 0.15) is 11.5 Å². The highest BCUT2D eigenvalue weighted by molar-refractivity contribution is 7.55. The average Bonchev–Trinajstić information content (AvgIpc) is 2.65. The van der Waals surface area contributed by atoms with Gasteiger partial charge in [0.2, 0.25) is 0 Å². The molecule has 2 aromatic rings. The second-order valence-corrected chi connectivity index (χ2v) is 7.84. The number of carbonyl (C=O) groups is 2. The Balaban J connectivity index is 2.32. The molecule has 0 fully saturated rings. The predicted molar refractivity (Wildman–Crippen MR) is 89.8 cm³/mol. The fraction of sp³-hybridized carbons (Fsp3) is 0.294. The number of fused-ring (bicyclic) bond motifs is 3. The second kappa shape index (κ2) is 6.59. The van der Waals surface area contributed by atoms with Crippen LogP contribution < -0.4 is 4.74 Å². The fourth-order valence-corrected chi connectivity index (χ4v) is 4.69. The summed E-state index contributed by atoms with van der Waals surface area (Å²) in [5, 5.41) is 1.54. The number of methoxy groups -OCH3 is 1. The van der Waals surface area contributed by atoms with Crippen molar-refractivity contribution in [3.05, 3.63) is 42.0 Å². The Morgan fingerprint density at radius 1 is 1.08 bits per heavy atom. The second-order valence-electron chi connectivity index (χ2n) is 5.47. The van der Waals surface area contributed by atoms with E-state index in [9.17, 15) is 14.2 Å². The van der Waals surface area contributed by atoms with Gasteiger partial charge in [-0.05, 0) is 16.8 Å². The first kappa shape index (κ1) is 17.6. The minimum atomic E-state index is -3.94. The Labute approximate surface area is 144 Å². The molecule has 0 aromatic heterocycles. The third kappa shape index (κ3) is 2.74. The summed E-state index contributed by atoms with van der Waals surface area (Å²) in [5.74, 6) is -2.51. The summed E-state index contributed by atoms with van der Waals surface area (Å²) in [5.41, 5.74) is -1.02. The first-order valence-electron chi connectivity index (χ1n) is 7.49.